The van der Waals surface area contributed by atoms with E-state index in [0.717, 1.165) is 36.2 Å². The van der Waals surface area contributed by atoms with Crippen LogP contribution in [0.1, 0.15) is 56.6 Å². The molecule has 26 heavy (non-hydrogen) atoms. The lowest BCUT2D eigenvalue weighted by Crippen LogP contribution is -2.26. The maximum absolute atomic E-state index is 14.7. The maximum Gasteiger partial charge on any atom is 0.131 e. The van der Waals surface area contributed by atoms with Gasteiger partial charge >= 0.3 is 0 Å². The Morgan fingerprint density at radius 3 is 2.27 bits per heavy atom. The van der Waals surface area contributed by atoms with Gasteiger partial charge < -0.3 is 0 Å². The number of benzene rings is 2. The van der Waals surface area contributed by atoms with Gasteiger partial charge in [0.25, 0.3) is 0 Å². The van der Waals surface area contributed by atoms with Crippen molar-refractivity contribution in [2.75, 3.05) is 0 Å². The number of aryl methyl sites for hydroxylation is 1. The molecule has 2 aromatic rings. The molecule has 0 spiro atoms. The highest BCUT2D eigenvalue weighted by Gasteiger charge is 2.30. The van der Waals surface area contributed by atoms with Crippen molar-refractivity contribution in [1.29, 1.82) is 0 Å². The van der Waals surface area contributed by atoms with Gasteiger partial charge in [0.1, 0.15) is 11.6 Å². The average molecular weight is 354 g/mol. The van der Waals surface area contributed by atoms with Crippen LogP contribution in [-0.4, -0.2) is 0 Å². The normalized spacial score (nSPS) is 25.7. The third-order valence-electron chi connectivity index (χ3n) is 6.85. The van der Waals surface area contributed by atoms with Crippen molar-refractivity contribution in [1.82, 2.24) is 0 Å². The Kier molecular flexibility index (Phi) is 5.11. The second-order valence-electron chi connectivity index (χ2n) is 8.30. The Bertz CT molecular complexity index is 755. The molecule has 2 aliphatic rings. The van der Waals surface area contributed by atoms with E-state index in [0.29, 0.717) is 5.56 Å². The fraction of sp³-hybridized carbons (Fsp3) is 0.500. The maximum atomic E-state index is 14.7. The smallest absolute Gasteiger partial charge is 0.131 e. The number of hydrogen-bond acceptors (Lipinski definition) is 0. The van der Waals surface area contributed by atoms with Gasteiger partial charge in [0.05, 0.1) is 0 Å². The van der Waals surface area contributed by atoms with Gasteiger partial charge in [-0.15, -0.1) is 0 Å². The summed E-state index contributed by atoms with van der Waals surface area (Å²) in [6, 6.07) is 9.88. The molecule has 4 rings (SSSR count). The van der Waals surface area contributed by atoms with Crippen LogP contribution in [0.3, 0.4) is 0 Å². The standard InChI is InChI=1S/C24H28F2/c1-2-16-3-5-17(6-4-16)19-7-8-20-14-23(24(26)15-21(20)13-19)18-9-11-22(25)12-10-18/h9-12,14-17,19H,2-8,13H2,1H3. The van der Waals surface area contributed by atoms with Crippen molar-refractivity contribution in [2.45, 2.75) is 58.3 Å². The van der Waals surface area contributed by atoms with Gasteiger partial charge in [-0.2, -0.15) is 0 Å². The van der Waals surface area contributed by atoms with Crippen molar-refractivity contribution in [2.24, 2.45) is 17.8 Å². The summed E-state index contributed by atoms with van der Waals surface area (Å²) in [7, 11) is 0. The SMILES string of the molecule is CCC1CCC(C2CCc3cc(-c4ccc(F)cc4)c(F)cc3C2)CC1. The molecule has 1 atom stereocenters. The van der Waals surface area contributed by atoms with E-state index in [9.17, 15) is 8.78 Å². The molecule has 0 N–H and O–H groups in total. The minimum atomic E-state index is -0.284. The second kappa shape index (κ2) is 7.50. The first kappa shape index (κ1) is 17.7. The summed E-state index contributed by atoms with van der Waals surface area (Å²) >= 11 is 0. The highest BCUT2D eigenvalue weighted by Crippen LogP contribution is 2.41. The third-order valence-corrected chi connectivity index (χ3v) is 6.85. The van der Waals surface area contributed by atoms with Crippen LogP contribution in [0.25, 0.3) is 11.1 Å². The van der Waals surface area contributed by atoms with Crippen LogP contribution in [0.5, 0.6) is 0 Å². The van der Waals surface area contributed by atoms with Crippen LogP contribution < -0.4 is 0 Å². The number of halogens is 2. The first-order chi connectivity index (χ1) is 12.6. The van der Waals surface area contributed by atoms with E-state index in [-0.39, 0.29) is 11.6 Å². The van der Waals surface area contributed by atoms with E-state index in [1.54, 1.807) is 18.2 Å². The molecule has 0 aromatic heterocycles. The van der Waals surface area contributed by atoms with Crippen LogP contribution in [0.2, 0.25) is 0 Å². The third kappa shape index (κ3) is 3.56. The lowest BCUT2D eigenvalue weighted by molar-refractivity contribution is 0.187. The molecule has 2 aromatic carbocycles. The molecule has 0 bridgehead atoms. The minimum Gasteiger partial charge on any atom is -0.207 e. The van der Waals surface area contributed by atoms with Gasteiger partial charge in [0.2, 0.25) is 0 Å². The molecular formula is C24H28F2. The highest BCUT2D eigenvalue weighted by atomic mass is 19.1. The quantitative estimate of drug-likeness (QED) is 0.559. The Balaban J connectivity index is 1.52. The molecule has 138 valence electrons. The van der Waals surface area contributed by atoms with E-state index < -0.39 is 0 Å². The highest BCUT2D eigenvalue weighted by molar-refractivity contribution is 5.66. The summed E-state index contributed by atoms with van der Waals surface area (Å²) in [5, 5.41) is 0. The van der Waals surface area contributed by atoms with Crippen LogP contribution in [0.4, 0.5) is 8.78 Å². The molecule has 0 saturated heterocycles. The van der Waals surface area contributed by atoms with E-state index >= 15 is 0 Å². The van der Waals surface area contributed by atoms with Gasteiger partial charge in [-0.1, -0.05) is 38.3 Å². The number of rotatable bonds is 3. The molecule has 1 saturated carbocycles. The Morgan fingerprint density at radius 1 is 0.846 bits per heavy atom. The predicted octanol–water partition coefficient (Wildman–Crippen LogP) is 6.95. The van der Waals surface area contributed by atoms with Crippen LogP contribution in [0.15, 0.2) is 36.4 Å². The zero-order chi connectivity index (χ0) is 18.1. The van der Waals surface area contributed by atoms with Gasteiger partial charge in [-0.05, 0) is 90.8 Å². The van der Waals surface area contributed by atoms with Crippen LogP contribution in [0, 0.1) is 29.4 Å². The largest absolute Gasteiger partial charge is 0.207 e. The zero-order valence-electron chi connectivity index (χ0n) is 15.6. The molecule has 0 amide bonds. The van der Waals surface area contributed by atoms with Crippen molar-refractivity contribution in [3.05, 3.63) is 59.2 Å². The topological polar surface area (TPSA) is 0 Å². The summed E-state index contributed by atoms with van der Waals surface area (Å²) in [4.78, 5) is 0. The first-order valence-electron chi connectivity index (χ1n) is 10.2. The summed E-state index contributed by atoms with van der Waals surface area (Å²) in [5.41, 5.74) is 3.84. The van der Waals surface area contributed by atoms with Gasteiger partial charge in [-0.25, -0.2) is 8.78 Å². The Hall–Kier alpha value is -1.70. The summed E-state index contributed by atoms with van der Waals surface area (Å²) in [5.74, 6) is 2.01. The number of hydrogen-bond donors (Lipinski definition) is 0. The van der Waals surface area contributed by atoms with E-state index in [1.807, 2.05) is 6.07 Å². The van der Waals surface area contributed by atoms with Crippen molar-refractivity contribution in [3.63, 3.8) is 0 Å². The second-order valence-corrected chi connectivity index (χ2v) is 8.30. The summed E-state index contributed by atoms with van der Waals surface area (Å²) in [6.07, 6.45) is 10.1. The molecule has 1 unspecified atom stereocenters. The van der Waals surface area contributed by atoms with Gasteiger partial charge in [0.15, 0.2) is 0 Å². The summed E-state index contributed by atoms with van der Waals surface area (Å²) < 4.78 is 27.9. The Morgan fingerprint density at radius 2 is 1.58 bits per heavy atom. The molecule has 1 fully saturated rings. The lowest BCUT2D eigenvalue weighted by atomic mass is 9.69. The summed E-state index contributed by atoms with van der Waals surface area (Å²) in [6.45, 7) is 2.31. The first-order valence-corrected chi connectivity index (χ1v) is 10.2. The van der Waals surface area contributed by atoms with Crippen molar-refractivity contribution < 1.29 is 8.78 Å². The predicted molar refractivity (Wildman–Crippen MR) is 103 cm³/mol. The van der Waals surface area contributed by atoms with E-state index in [1.165, 1.54) is 61.8 Å². The van der Waals surface area contributed by atoms with Crippen LogP contribution >= 0.6 is 0 Å². The van der Waals surface area contributed by atoms with Gasteiger partial charge in [-0.3, -0.25) is 0 Å². The van der Waals surface area contributed by atoms with Gasteiger partial charge in [0, 0.05) is 5.56 Å². The van der Waals surface area contributed by atoms with Crippen molar-refractivity contribution >= 4 is 0 Å². The van der Waals surface area contributed by atoms with Crippen molar-refractivity contribution in [3.8, 4) is 11.1 Å². The molecule has 2 heteroatoms. The minimum absolute atomic E-state index is 0.175. The molecule has 0 heterocycles. The molecule has 0 radical (unpaired) electrons. The van der Waals surface area contributed by atoms with E-state index in [2.05, 4.69) is 6.92 Å². The molecule has 2 aliphatic carbocycles. The molecule has 0 nitrogen and oxygen atoms in total. The monoisotopic (exact) mass is 354 g/mol. The van der Waals surface area contributed by atoms with Crippen LogP contribution in [-0.2, 0) is 12.8 Å². The Labute approximate surface area is 155 Å². The fourth-order valence-corrected chi connectivity index (χ4v) is 5.13. The molecular weight excluding hydrogens is 326 g/mol. The number of fused-ring (bicyclic) bond motifs is 1. The zero-order valence-corrected chi connectivity index (χ0v) is 15.6. The molecule has 0 aliphatic heterocycles. The average Bonchev–Trinajstić information content (AvgIpc) is 2.68. The fourth-order valence-electron chi connectivity index (χ4n) is 5.13. The van der Waals surface area contributed by atoms with E-state index in [4.69, 9.17) is 0 Å². The lowest BCUT2D eigenvalue weighted by Gasteiger charge is -2.36.